The van der Waals surface area contributed by atoms with Crippen molar-refractivity contribution in [3.8, 4) is 0 Å². The van der Waals surface area contributed by atoms with Crippen LogP contribution in [-0.2, 0) is 11.2 Å². The van der Waals surface area contributed by atoms with Crippen LogP contribution in [-0.4, -0.2) is 10.3 Å². The molecule has 1 aromatic rings. The van der Waals surface area contributed by atoms with Crippen molar-refractivity contribution in [2.45, 2.75) is 11.8 Å². The standard InChI is InChI=1S/C8H9OS/c1-2-10(9)8-6-4-3-5-7-8/h3-6H,2H2,1H3. The van der Waals surface area contributed by atoms with Gasteiger partial charge in [0.15, 0.2) is 4.90 Å². The maximum Gasteiger partial charge on any atom is 0.160 e. The topological polar surface area (TPSA) is 23.1 Å². The van der Waals surface area contributed by atoms with Crippen molar-refractivity contribution in [2.75, 3.05) is 5.75 Å². The van der Waals surface area contributed by atoms with Gasteiger partial charge in [-0.05, 0) is 30.2 Å². The molecule has 1 atom stereocenters. The Labute approximate surface area is 64.3 Å². The van der Waals surface area contributed by atoms with Crippen LogP contribution in [0.3, 0.4) is 0 Å². The van der Waals surface area contributed by atoms with Crippen molar-refractivity contribution >= 4 is 11.2 Å². The summed E-state index contributed by atoms with van der Waals surface area (Å²) < 4.78 is 11.1. The highest BCUT2D eigenvalue weighted by molar-refractivity contribution is 7.91. The number of hydrogen-bond acceptors (Lipinski definition) is 1. The van der Waals surface area contributed by atoms with Gasteiger partial charge in [0.05, 0.1) is 0 Å². The molecule has 2 heteroatoms. The molecule has 0 saturated heterocycles. The second-order valence-electron chi connectivity index (χ2n) is 1.86. The van der Waals surface area contributed by atoms with Gasteiger partial charge in [0.1, 0.15) is 5.75 Å². The zero-order chi connectivity index (χ0) is 7.40. The summed E-state index contributed by atoms with van der Waals surface area (Å²) in [4.78, 5) is 0.796. The van der Waals surface area contributed by atoms with Crippen LogP contribution in [0, 0.1) is 6.07 Å². The van der Waals surface area contributed by atoms with E-state index in [1.165, 1.54) is 0 Å². The van der Waals surface area contributed by atoms with E-state index in [1.807, 2.05) is 25.1 Å². The number of hydrogen-bond donors (Lipinski definition) is 0. The van der Waals surface area contributed by atoms with Crippen molar-refractivity contribution in [3.05, 3.63) is 30.3 Å². The third kappa shape index (κ3) is 1.75. The van der Waals surface area contributed by atoms with Crippen LogP contribution in [0.5, 0.6) is 0 Å². The highest BCUT2D eigenvalue weighted by atomic mass is 32.2. The minimum Gasteiger partial charge on any atom is -0.611 e. The van der Waals surface area contributed by atoms with E-state index in [2.05, 4.69) is 6.07 Å². The van der Waals surface area contributed by atoms with E-state index in [0.717, 1.165) is 4.90 Å². The first-order chi connectivity index (χ1) is 4.84. The van der Waals surface area contributed by atoms with Crippen LogP contribution in [0.1, 0.15) is 6.92 Å². The fourth-order valence-corrected chi connectivity index (χ4v) is 1.41. The summed E-state index contributed by atoms with van der Waals surface area (Å²) in [7, 11) is 0. The van der Waals surface area contributed by atoms with Crippen LogP contribution in [0.2, 0.25) is 0 Å². The van der Waals surface area contributed by atoms with Gasteiger partial charge in [0.2, 0.25) is 0 Å². The molecule has 1 radical (unpaired) electrons. The fourth-order valence-electron chi connectivity index (χ4n) is 0.674. The zero-order valence-corrected chi connectivity index (χ0v) is 6.65. The molecule has 1 unspecified atom stereocenters. The second-order valence-corrected chi connectivity index (χ2v) is 3.57. The highest BCUT2D eigenvalue weighted by Crippen LogP contribution is 2.07. The summed E-state index contributed by atoms with van der Waals surface area (Å²) in [6, 6.07) is 10.3. The van der Waals surface area contributed by atoms with E-state index < -0.39 is 11.2 Å². The maximum atomic E-state index is 11.1. The molecule has 1 aromatic carbocycles. The van der Waals surface area contributed by atoms with Gasteiger partial charge in [-0.3, -0.25) is 0 Å². The molecule has 0 aliphatic rings. The molecule has 0 aliphatic carbocycles. The highest BCUT2D eigenvalue weighted by Gasteiger charge is 2.04. The molecule has 10 heavy (non-hydrogen) atoms. The van der Waals surface area contributed by atoms with Gasteiger partial charge in [-0.15, -0.1) is 0 Å². The van der Waals surface area contributed by atoms with Gasteiger partial charge in [0.25, 0.3) is 0 Å². The lowest BCUT2D eigenvalue weighted by molar-refractivity contribution is 0.596. The Morgan fingerprint density at radius 1 is 1.60 bits per heavy atom. The largest absolute Gasteiger partial charge is 0.611 e. The minimum absolute atomic E-state index is 0.667. The molecule has 0 heterocycles. The van der Waals surface area contributed by atoms with Gasteiger partial charge in [-0.25, -0.2) is 0 Å². The molecule has 0 amide bonds. The molecule has 0 N–H and O–H groups in total. The van der Waals surface area contributed by atoms with Crippen molar-refractivity contribution in [2.24, 2.45) is 0 Å². The fraction of sp³-hybridized carbons (Fsp3) is 0.250. The van der Waals surface area contributed by atoms with E-state index in [4.69, 9.17) is 0 Å². The van der Waals surface area contributed by atoms with Crippen LogP contribution in [0.15, 0.2) is 29.2 Å². The van der Waals surface area contributed by atoms with Crippen molar-refractivity contribution < 1.29 is 4.55 Å². The molecule has 0 aliphatic heterocycles. The average Bonchev–Trinajstić information content (AvgIpc) is 2.05. The summed E-state index contributed by atoms with van der Waals surface area (Å²) >= 11 is -0.846. The predicted molar refractivity (Wildman–Crippen MR) is 42.2 cm³/mol. The molecule has 0 bridgehead atoms. The Morgan fingerprint density at radius 2 is 2.40 bits per heavy atom. The molecule has 0 aromatic heterocycles. The summed E-state index contributed by atoms with van der Waals surface area (Å²) in [5, 5.41) is 0. The smallest absolute Gasteiger partial charge is 0.160 e. The second kappa shape index (κ2) is 3.64. The van der Waals surface area contributed by atoms with E-state index in [9.17, 15) is 4.55 Å². The maximum absolute atomic E-state index is 11.1. The van der Waals surface area contributed by atoms with Crippen molar-refractivity contribution in [1.82, 2.24) is 0 Å². The molecule has 1 rings (SSSR count). The van der Waals surface area contributed by atoms with E-state index in [-0.39, 0.29) is 0 Å². The van der Waals surface area contributed by atoms with Crippen LogP contribution < -0.4 is 0 Å². The molecular weight excluding hydrogens is 144 g/mol. The van der Waals surface area contributed by atoms with E-state index in [0.29, 0.717) is 5.75 Å². The van der Waals surface area contributed by atoms with Gasteiger partial charge in [-0.2, -0.15) is 0 Å². The monoisotopic (exact) mass is 153 g/mol. The summed E-state index contributed by atoms with van der Waals surface area (Å²) in [6.45, 7) is 1.90. The Morgan fingerprint density at radius 3 is 2.90 bits per heavy atom. The summed E-state index contributed by atoms with van der Waals surface area (Å²) in [5.74, 6) is 0.667. The molecule has 1 nitrogen and oxygen atoms in total. The normalized spacial score (nSPS) is 13.0. The number of rotatable bonds is 2. The SMILES string of the molecule is CC[S+]([O-])c1[c]cccc1. The molecule has 0 fully saturated rings. The van der Waals surface area contributed by atoms with Crippen molar-refractivity contribution in [3.63, 3.8) is 0 Å². The Bertz CT molecular complexity index is 186. The average molecular weight is 153 g/mol. The van der Waals surface area contributed by atoms with Gasteiger partial charge < -0.3 is 4.55 Å². The third-order valence-corrected chi connectivity index (χ3v) is 2.46. The molecular formula is C8H9OS. The summed E-state index contributed by atoms with van der Waals surface area (Å²) in [5.41, 5.74) is 0. The predicted octanol–water partition coefficient (Wildman–Crippen LogP) is 1.61. The van der Waals surface area contributed by atoms with Crippen LogP contribution in [0.4, 0.5) is 0 Å². The van der Waals surface area contributed by atoms with Gasteiger partial charge in [0, 0.05) is 6.07 Å². The lowest BCUT2D eigenvalue weighted by Gasteiger charge is -2.05. The van der Waals surface area contributed by atoms with E-state index in [1.54, 1.807) is 6.07 Å². The first-order valence-electron chi connectivity index (χ1n) is 3.19. The number of benzene rings is 1. The first kappa shape index (κ1) is 7.63. The molecule has 0 spiro atoms. The van der Waals surface area contributed by atoms with Gasteiger partial charge in [-0.1, -0.05) is 12.1 Å². The quantitative estimate of drug-likeness (QED) is 0.592. The third-order valence-electron chi connectivity index (χ3n) is 1.19. The Balaban J connectivity index is 2.75. The summed E-state index contributed by atoms with van der Waals surface area (Å²) in [6.07, 6.45) is 0. The van der Waals surface area contributed by atoms with Gasteiger partial charge >= 0.3 is 0 Å². The Kier molecular flexibility index (Phi) is 2.78. The zero-order valence-electron chi connectivity index (χ0n) is 5.83. The van der Waals surface area contributed by atoms with Crippen LogP contribution >= 0.6 is 0 Å². The molecule has 0 saturated carbocycles. The van der Waals surface area contributed by atoms with Crippen molar-refractivity contribution in [1.29, 1.82) is 0 Å². The molecule has 53 valence electrons. The van der Waals surface area contributed by atoms with Crippen LogP contribution in [0.25, 0.3) is 0 Å². The lowest BCUT2D eigenvalue weighted by atomic mass is 10.4. The lowest BCUT2D eigenvalue weighted by Crippen LogP contribution is -2.02. The van der Waals surface area contributed by atoms with E-state index >= 15 is 0 Å². The first-order valence-corrected chi connectivity index (χ1v) is 4.51. The Hall–Kier alpha value is -0.470. The minimum atomic E-state index is -0.846.